The van der Waals surface area contributed by atoms with Gasteiger partial charge in [-0.25, -0.2) is 0 Å². The molecule has 0 amide bonds. The van der Waals surface area contributed by atoms with Crippen molar-refractivity contribution in [2.24, 2.45) is 22.7 Å². The quantitative estimate of drug-likeness (QED) is 0.463. The zero-order valence-electron chi connectivity index (χ0n) is 6.28. The molecule has 4 atom stereocenters. The summed E-state index contributed by atoms with van der Waals surface area (Å²) in [5, 5.41) is 0. The summed E-state index contributed by atoms with van der Waals surface area (Å²) >= 11 is 0. The van der Waals surface area contributed by atoms with Crippen LogP contribution in [0.15, 0.2) is 0 Å². The number of hydrogen-bond acceptors (Lipinski definition) is 0. The smallest absolute Gasteiger partial charge is 0.0230 e. The van der Waals surface area contributed by atoms with Crippen LogP contribution in [0.4, 0.5) is 0 Å². The summed E-state index contributed by atoms with van der Waals surface area (Å²) in [6, 6.07) is 0. The van der Waals surface area contributed by atoms with Crippen LogP contribution in [0.3, 0.4) is 0 Å². The fourth-order valence-electron chi connectivity index (χ4n) is 3.85. The van der Waals surface area contributed by atoms with Crippen LogP contribution < -0.4 is 0 Å². The Morgan fingerprint density at radius 3 is 2.33 bits per heavy atom. The second kappa shape index (κ2) is 0.889. The van der Waals surface area contributed by atoms with Crippen molar-refractivity contribution in [3.05, 3.63) is 0 Å². The summed E-state index contributed by atoms with van der Waals surface area (Å²) < 4.78 is 0. The second-order valence-corrected chi connectivity index (χ2v) is 4.89. The Kier molecular flexibility index (Phi) is 0.470. The van der Waals surface area contributed by atoms with E-state index in [4.69, 9.17) is 0 Å². The highest BCUT2D eigenvalue weighted by molar-refractivity contribution is 5.26. The molecule has 2 bridgehead atoms. The molecule has 4 unspecified atom stereocenters. The highest BCUT2D eigenvalue weighted by Gasteiger charge is 2.77. The molecule has 0 aromatic rings. The van der Waals surface area contributed by atoms with Crippen LogP contribution in [0, 0.1) is 22.7 Å². The minimum absolute atomic E-state index is 0.808. The lowest BCUT2D eigenvalue weighted by molar-refractivity contribution is 0.0139. The number of hydrogen-bond donors (Lipinski definition) is 0. The molecule has 4 rings (SSSR count). The highest BCUT2D eigenvalue weighted by Crippen LogP contribution is 2.85. The van der Waals surface area contributed by atoms with Gasteiger partial charge in [-0.1, -0.05) is 13.8 Å². The van der Waals surface area contributed by atoms with Crippen LogP contribution in [-0.4, -0.2) is 0 Å². The molecule has 0 aromatic heterocycles. The average molecular weight is 122 g/mol. The third-order valence-electron chi connectivity index (χ3n) is 4.63. The van der Waals surface area contributed by atoms with E-state index in [9.17, 15) is 0 Å². The predicted octanol–water partition coefficient (Wildman–Crippen LogP) is 2.44. The second-order valence-electron chi connectivity index (χ2n) is 4.89. The maximum Gasteiger partial charge on any atom is -0.0230 e. The minimum Gasteiger partial charge on any atom is -0.0614 e. The summed E-state index contributed by atoms with van der Waals surface area (Å²) in [4.78, 5) is 0. The summed E-state index contributed by atoms with van der Waals surface area (Å²) in [6.45, 7) is 4.95. The van der Waals surface area contributed by atoms with Gasteiger partial charge in [-0.2, -0.15) is 0 Å². The molecule has 4 saturated carbocycles. The molecule has 4 aliphatic rings. The molecule has 4 aliphatic carbocycles. The molecule has 50 valence electrons. The average Bonchev–Trinajstić information content (AvgIpc) is 2.35. The van der Waals surface area contributed by atoms with Crippen molar-refractivity contribution in [1.82, 2.24) is 0 Å². The molecule has 0 N–H and O–H groups in total. The van der Waals surface area contributed by atoms with Gasteiger partial charge in [0.2, 0.25) is 0 Å². The SMILES string of the molecule is CC1C2(C)CC3CC31C2. The van der Waals surface area contributed by atoms with Gasteiger partial charge in [-0.05, 0) is 41.9 Å². The fraction of sp³-hybridized carbons (Fsp3) is 1.00. The predicted molar refractivity (Wildman–Crippen MR) is 37.0 cm³/mol. The van der Waals surface area contributed by atoms with Gasteiger partial charge in [0.1, 0.15) is 0 Å². The van der Waals surface area contributed by atoms with Crippen molar-refractivity contribution in [1.29, 1.82) is 0 Å². The largest absolute Gasteiger partial charge is 0.0614 e. The van der Waals surface area contributed by atoms with Gasteiger partial charge in [0.25, 0.3) is 0 Å². The van der Waals surface area contributed by atoms with Gasteiger partial charge in [0, 0.05) is 0 Å². The first-order chi connectivity index (χ1) is 4.17. The molecule has 0 saturated heterocycles. The van der Waals surface area contributed by atoms with E-state index in [1.807, 2.05) is 0 Å². The molecule has 4 fully saturated rings. The molecule has 1 spiro atoms. The molecular weight excluding hydrogens is 108 g/mol. The third kappa shape index (κ3) is 0.281. The zero-order chi connectivity index (χ0) is 6.28. The molecular formula is C9H14. The number of rotatable bonds is 0. The van der Waals surface area contributed by atoms with Crippen LogP contribution in [0.5, 0.6) is 0 Å². The first-order valence-electron chi connectivity index (χ1n) is 4.17. The van der Waals surface area contributed by atoms with E-state index in [2.05, 4.69) is 13.8 Å². The maximum atomic E-state index is 2.48. The topological polar surface area (TPSA) is 0 Å². The summed E-state index contributed by atoms with van der Waals surface area (Å²) in [7, 11) is 0. The van der Waals surface area contributed by atoms with E-state index < -0.39 is 0 Å². The molecule has 0 nitrogen and oxygen atoms in total. The van der Waals surface area contributed by atoms with Crippen LogP contribution in [0.2, 0.25) is 0 Å². The Morgan fingerprint density at radius 2 is 2.11 bits per heavy atom. The molecule has 0 heterocycles. The van der Waals surface area contributed by atoms with Crippen molar-refractivity contribution in [2.45, 2.75) is 33.1 Å². The third-order valence-corrected chi connectivity index (χ3v) is 4.63. The Balaban J connectivity index is 2.08. The lowest BCUT2D eigenvalue weighted by Gasteiger charge is -2.47. The van der Waals surface area contributed by atoms with Crippen LogP contribution in [0.25, 0.3) is 0 Å². The van der Waals surface area contributed by atoms with Crippen LogP contribution in [0.1, 0.15) is 33.1 Å². The first-order valence-corrected chi connectivity index (χ1v) is 4.17. The first kappa shape index (κ1) is 4.76. The van der Waals surface area contributed by atoms with Crippen LogP contribution >= 0.6 is 0 Å². The van der Waals surface area contributed by atoms with Crippen molar-refractivity contribution in [3.63, 3.8) is 0 Å². The summed E-state index contributed by atoms with van der Waals surface area (Å²) in [5.74, 6) is 2.26. The molecule has 0 aromatic carbocycles. The van der Waals surface area contributed by atoms with Crippen molar-refractivity contribution in [3.8, 4) is 0 Å². The van der Waals surface area contributed by atoms with Gasteiger partial charge >= 0.3 is 0 Å². The Hall–Kier alpha value is 0. The molecule has 0 heteroatoms. The van der Waals surface area contributed by atoms with E-state index in [0.717, 1.165) is 16.7 Å². The van der Waals surface area contributed by atoms with Gasteiger partial charge in [-0.15, -0.1) is 0 Å². The zero-order valence-corrected chi connectivity index (χ0v) is 6.28. The van der Waals surface area contributed by atoms with E-state index in [-0.39, 0.29) is 0 Å². The molecule has 9 heavy (non-hydrogen) atoms. The van der Waals surface area contributed by atoms with Gasteiger partial charge in [0.05, 0.1) is 0 Å². The van der Waals surface area contributed by atoms with Crippen LogP contribution in [-0.2, 0) is 0 Å². The van der Waals surface area contributed by atoms with E-state index >= 15 is 0 Å². The summed E-state index contributed by atoms with van der Waals surface area (Å²) in [5.41, 5.74) is 1.73. The highest BCUT2D eigenvalue weighted by atomic mass is 14.8. The monoisotopic (exact) mass is 122 g/mol. The van der Waals surface area contributed by atoms with Crippen molar-refractivity contribution < 1.29 is 0 Å². The van der Waals surface area contributed by atoms with Crippen molar-refractivity contribution in [2.75, 3.05) is 0 Å². The van der Waals surface area contributed by atoms with Gasteiger partial charge in [0.15, 0.2) is 0 Å². The van der Waals surface area contributed by atoms with E-state index in [0.29, 0.717) is 0 Å². The maximum absolute atomic E-state index is 2.48. The standard InChI is InChI=1S/C9H14/c1-6-8(2)3-7-4-9(6,7)5-8/h6-7H,3-5H2,1-2H3. The van der Waals surface area contributed by atoms with Crippen molar-refractivity contribution >= 4 is 0 Å². The molecule has 0 radical (unpaired) electrons. The van der Waals surface area contributed by atoms with Gasteiger partial charge < -0.3 is 0 Å². The van der Waals surface area contributed by atoms with E-state index in [1.54, 1.807) is 19.3 Å². The molecule has 0 aliphatic heterocycles. The van der Waals surface area contributed by atoms with E-state index in [1.165, 1.54) is 5.92 Å². The Labute approximate surface area is 56.6 Å². The Bertz CT molecular complexity index is 176. The summed E-state index contributed by atoms with van der Waals surface area (Å²) in [6.07, 6.45) is 4.73. The normalized spacial score (nSPS) is 75.3. The van der Waals surface area contributed by atoms with Gasteiger partial charge in [-0.3, -0.25) is 0 Å². The Morgan fingerprint density at radius 1 is 1.33 bits per heavy atom. The lowest BCUT2D eigenvalue weighted by Crippen LogP contribution is -2.40. The minimum atomic E-state index is 0.808. The lowest BCUT2D eigenvalue weighted by atomic mass is 9.57. The fourth-order valence-corrected chi connectivity index (χ4v) is 3.85.